The largest absolute Gasteiger partial charge is 0.464 e. The lowest BCUT2D eigenvalue weighted by molar-refractivity contribution is 0.316. The quantitative estimate of drug-likeness (QED) is 0.801. The van der Waals surface area contributed by atoms with Gasteiger partial charge in [-0.25, -0.2) is 13.1 Å². The van der Waals surface area contributed by atoms with E-state index in [4.69, 9.17) is 4.42 Å². The van der Waals surface area contributed by atoms with E-state index in [9.17, 15) is 8.42 Å². The van der Waals surface area contributed by atoms with Crippen molar-refractivity contribution in [1.82, 2.24) is 10.0 Å². The molecule has 6 heteroatoms. The van der Waals surface area contributed by atoms with Crippen molar-refractivity contribution in [3.05, 3.63) is 17.6 Å². The summed E-state index contributed by atoms with van der Waals surface area (Å²) in [5.74, 6) is 1.61. The highest BCUT2D eigenvalue weighted by atomic mass is 32.2. The van der Waals surface area contributed by atoms with E-state index in [2.05, 4.69) is 10.0 Å². The molecule has 1 saturated carbocycles. The van der Waals surface area contributed by atoms with Crippen LogP contribution in [0.1, 0.15) is 37.7 Å². The molecule has 0 saturated heterocycles. The average Bonchev–Trinajstić information content (AvgIpc) is 2.66. The minimum absolute atomic E-state index is 0.264. The van der Waals surface area contributed by atoms with Crippen LogP contribution in [-0.2, 0) is 16.6 Å². The summed E-state index contributed by atoms with van der Waals surface area (Å²) >= 11 is 0. The Hall–Kier alpha value is -0.850. The third-order valence-electron chi connectivity index (χ3n) is 3.55. The number of hydrogen-bond acceptors (Lipinski definition) is 4. The monoisotopic (exact) mass is 286 g/mol. The van der Waals surface area contributed by atoms with Crippen molar-refractivity contribution in [1.29, 1.82) is 0 Å². The third kappa shape index (κ3) is 3.58. The SMILES string of the molecule is CCNCc1cc(S(=O)(=O)NCC2CCC2)c(C)o1. The van der Waals surface area contributed by atoms with Gasteiger partial charge < -0.3 is 9.73 Å². The Morgan fingerprint density at radius 3 is 2.74 bits per heavy atom. The van der Waals surface area contributed by atoms with Gasteiger partial charge in [0.15, 0.2) is 0 Å². The highest BCUT2D eigenvalue weighted by molar-refractivity contribution is 7.89. The third-order valence-corrected chi connectivity index (χ3v) is 5.08. The first kappa shape index (κ1) is 14.6. The summed E-state index contributed by atoms with van der Waals surface area (Å²) in [7, 11) is -3.44. The first-order chi connectivity index (χ1) is 9.03. The van der Waals surface area contributed by atoms with Crippen LogP contribution in [0.5, 0.6) is 0 Å². The standard InChI is InChI=1S/C13H22N2O3S/c1-3-14-9-12-7-13(10(2)18-12)19(16,17)15-8-11-5-4-6-11/h7,11,14-15H,3-6,8-9H2,1-2H3. The molecular formula is C13H22N2O3S. The minimum atomic E-state index is -3.44. The number of aryl methyl sites for hydroxylation is 1. The van der Waals surface area contributed by atoms with Crippen LogP contribution in [0.15, 0.2) is 15.4 Å². The van der Waals surface area contributed by atoms with Crippen LogP contribution in [-0.4, -0.2) is 21.5 Å². The van der Waals surface area contributed by atoms with Gasteiger partial charge in [0.05, 0.1) is 6.54 Å². The van der Waals surface area contributed by atoms with Crippen molar-refractivity contribution < 1.29 is 12.8 Å². The average molecular weight is 286 g/mol. The van der Waals surface area contributed by atoms with Crippen molar-refractivity contribution >= 4 is 10.0 Å². The van der Waals surface area contributed by atoms with E-state index in [1.54, 1.807) is 13.0 Å². The van der Waals surface area contributed by atoms with Crippen LogP contribution in [0.2, 0.25) is 0 Å². The van der Waals surface area contributed by atoms with Crippen LogP contribution in [0.4, 0.5) is 0 Å². The van der Waals surface area contributed by atoms with Crippen LogP contribution in [0, 0.1) is 12.8 Å². The van der Waals surface area contributed by atoms with E-state index in [-0.39, 0.29) is 4.90 Å². The lowest BCUT2D eigenvalue weighted by Crippen LogP contribution is -2.32. The lowest BCUT2D eigenvalue weighted by atomic mass is 9.86. The first-order valence-corrected chi connectivity index (χ1v) is 8.31. The number of sulfonamides is 1. The van der Waals surface area contributed by atoms with Gasteiger partial charge in [0.2, 0.25) is 10.0 Å². The van der Waals surface area contributed by atoms with Crippen molar-refractivity contribution in [3.63, 3.8) is 0 Å². The Morgan fingerprint density at radius 2 is 2.16 bits per heavy atom. The van der Waals surface area contributed by atoms with Gasteiger partial charge >= 0.3 is 0 Å². The maximum absolute atomic E-state index is 12.2. The van der Waals surface area contributed by atoms with Gasteiger partial charge in [-0.3, -0.25) is 0 Å². The van der Waals surface area contributed by atoms with Gasteiger partial charge in [-0.05, 0) is 32.2 Å². The van der Waals surface area contributed by atoms with Crippen molar-refractivity contribution in [2.24, 2.45) is 5.92 Å². The molecule has 19 heavy (non-hydrogen) atoms. The van der Waals surface area contributed by atoms with Gasteiger partial charge in [0.1, 0.15) is 16.4 Å². The second-order valence-electron chi connectivity index (χ2n) is 5.06. The van der Waals surface area contributed by atoms with Crippen molar-refractivity contribution in [2.45, 2.75) is 44.6 Å². The summed E-state index contributed by atoms with van der Waals surface area (Å²) in [5.41, 5.74) is 0. The van der Waals surface area contributed by atoms with Crippen molar-refractivity contribution in [3.8, 4) is 0 Å². The molecule has 1 aliphatic rings. The Balaban J connectivity index is 2.03. The number of rotatable bonds is 7. The lowest BCUT2D eigenvalue weighted by Gasteiger charge is -2.25. The zero-order valence-electron chi connectivity index (χ0n) is 11.5. The second-order valence-corrected chi connectivity index (χ2v) is 6.80. The molecule has 0 unspecified atom stereocenters. The molecule has 0 aromatic carbocycles. The molecule has 2 N–H and O–H groups in total. The fraction of sp³-hybridized carbons (Fsp3) is 0.692. The molecule has 1 fully saturated rings. The molecule has 0 atom stereocenters. The van der Waals surface area contributed by atoms with E-state index < -0.39 is 10.0 Å². The highest BCUT2D eigenvalue weighted by Crippen LogP contribution is 2.26. The minimum Gasteiger partial charge on any atom is -0.464 e. The summed E-state index contributed by atoms with van der Waals surface area (Å²) in [4.78, 5) is 0.264. The number of nitrogens with one attached hydrogen (secondary N) is 2. The Kier molecular flexibility index (Phi) is 4.65. The normalized spacial score (nSPS) is 16.5. The predicted octanol–water partition coefficient (Wildman–Crippen LogP) is 1.78. The highest BCUT2D eigenvalue weighted by Gasteiger charge is 2.24. The van der Waals surface area contributed by atoms with E-state index in [0.29, 0.717) is 30.5 Å². The van der Waals surface area contributed by atoms with Gasteiger partial charge in [-0.2, -0.15) is 0 Å². The molecule has 1 aliphatic carbocycles. The first-order valence-electron chi connectivity index (χ1n) is 6.82. The van der Waals surface area contributed by atoms with E-state index in [1.807, 2.05) is 6.92 Å². The molecule has 1 aromatic heterocycles. The molecule has 1 heterocycles. The van der Waals surface area contributed by atoms with Crippen molar-refractivity contribution in [2.75, 3.05) is 13.1 Å². The zero-order valence-corrected chi connectivity index (χ0v) is 12.3. The van der Waals surface area contributed by atoms with Crippen LogP contribution in [0.3, 0.4) is 0 Å². The number of hydrogen-bond donors (Lipinski definition) is 2. The maximum atomic E-state index is 12.2. The van der Waals surface area contributed by atoms with Crippen LogP contribution >= 0.6 is 0 Å². The van der Waals surface area contributed by atoms with Crippen LogP contribution in [0.25, 0.3) is 0 Å². The van der Waals surface area contributed by atoms with Gasteiger partial charge in [0.25, 0.3) is 0 Å². The van der Waals surface area contributed by atoms with E-state index in [0.717, 1.165) is 19.4 Å². The van der Waals surface area contributed by atoms with E-state index >= 15 is 0 Å². The summed E-state index contributed by atoms with van der Waals surface area (Å²) in [5, 5.41) is 3.12. The predicted molar refractivity (Wildman–Crippen MR) is 73.4 cm³/mol. The van der Waals surface area contributed by atoms with Gasteiger partial charge in [0, 0.05) is 12.6 Å². The molecule has 0 radical (unpaired) electrons. The van der Waals surface area contributed by atoms with Gasteiger partial charge in [-0.15, -0.1) is 0 Å². The maximum Gasteiger partial charge on any atom is 0.244 e. The molecule has 1 aromatic rings. The summed E-state index contributed by atoms with van der Waals surface area (Å²) < 4.78 is 32.5. The number of furan rings is 1. The Bertz CT molecular complexity index is 518. The molecule has 0 spiro atoms. The molecule has 2 rings (SSSR count). The summed E-state index contributed by atoms with van der Waals surface area (Å²) in [6, 6.07) is 1.61. The summed E-state index contributed by atoms with van der Waals surface area (Å²) in [6.45, 7) is 5.59. The Morgan fingerprint density at radius 1 is 1.42 bits per heavy atom. The summed E-state index contributed by atoms with van der Waals surface area (Å²) in [6.07, 6.45) is 3.46. The van der Waals surface area contributed by atoms with Crippen LogP contribution < -0.4 is 10.0 Å². The molecule has 0 amide bonds. The molecule has 0 bridgehead atoms. The fourth-order valence-corrected chi connectivity index (χ4v) is 3.45. The van der Waals surface area contributed by atoms with Gasteiger partial charge in [-0.1, -0.05) is 13.3 Å². The molecule has 5 nitrogen and oxygen atoms in total. The topological polar surface area (TPSA) is 71.3 Å². The van der Waals surface area contributed by atoms with E-state index in [1.165, 1.54) is 6.42 Å². The molecule has 0 aliphatic heterocycles. The Labute approximate surface area is 114 Å². The molecule has 108 valence electrons. The zero-order chi connectivity index (χ0) is 13.9. The second kappa shape index (κ2) is 6.07. The fourth-order valence-electron chi connectivity index (χ4n) is 2.13. The molecular weight excluding hydrogens is 264 g/mol. The smallest absolute Gasteiger partial charge is 0.244 e.